The summed E-state index contributed by atoms with van der Waals surface area (Å²) in [7, 11) is 0. The molecule has 0 radical (unpaired) electrons. The smallest absolute Gasteiger partial charge is 0.303 e. The van der Waals surface area contributed by atoms with Crippen LogP contribution in [0.3, 0.4) is 0 Å². The minimum Gasteiger partial charge on any atom is -0.481 e. The first-order chi connectivity index (χ1) is 7.25. The molecular formula is C12H14O3. The summed E-state index contributed by atoms with van der Waals surface area (Å²) in [5.41, 5.74) is 2.38. The number of carboxylic acids is 1. The maximum Gasteiger partial charge on any atom is 0.303 e. The molecule has 0 amide bonds. The van der Waals surface area contributed by atoms with Crippen molar-refractivity contribution in [2.75, 3.05) is 13.2 Å². The Hall–Kier alpha value is -1.35. The molecule has 1 aromatic rings. The van der Waals surface area contributed by atoms with Crippen LogP contribution in [-0.2, 0) is 16.0 Å². The lowest BCUT2D eigenvalue weighted by Gasteiger charge is -2.26. The third-order valence-electron chi connectivity index (χ3n) is 2.72. The fourth-order valence-electron chi connectivity index (χ4n) is 1.64. The van der Waals surface area contributed by atoms with E-state index < -0.39 is 5.97 Å². The number of aryl methyl sites for hydroxylation is 1. The van der Waals surface area contributed by atoms with Crippen molar-refractivity contribution >= 4 is 5.97 Å². The van der Waals surface area contributed by atoms with Gasteiger partial charge in [0.05, 0.1) is 13.2 Å². The summed E-state index contributed by atoms with van der Waals surface area (Å²) in [4.78, 5) is 10.4. The van der Waals surface area contributed by atoms with Crippen LogP contribution in [0.4, 0.5) is 0 Å². The molecule has 1 fully saturated rings. The summed E-state index contributed by atoms with van der Waals surface area (Å²) < 4.78 is 5.12. The maximum atomic E-state index is 10.4. The highest BCUT2D eigenvalue weighted by Gasteiger charge is 2.19. The standard InChI is InChI=1S/C12H14O3/c13-12(14)6-3-9-1-4-10(5-2-9)11-7-15-8-11/h1-2,4-5,11H,3,6-8H2,(H,13,14). The number of hydrogen-bond acceptors (Lipinski definition) is 2. The Balaban J connectivity index is 1.94. The Morgan fingerprint density at radius 2 is 2.00 bits per heavy atom. The van der Waals surface area contributed by atoms with Crippen molar-refractivity contribution in [3.05, 3.63) is 35.4 Å². The lowest BCUT2D eigenvalue weighted by Crippen LogP contribution is -2.24. The molecule has 0 atom stereocenters. The van der Waals surface area contributed by atoms with E-state index in [4.69, 9.17) is 9.84 Å². The molecule has 1 heterocycles. The third-order valence-corrected chi connectivity index (χ3v) is 2.72. The monoisotopic (exact) mass is 206 g/mol. The SMILES string of the molecule is O=C(O)CCc1ccc(C2COC2)cc1. The highest BCUT2D eigenvalue weighted by Crippen LogP contribution is 2.24. The van der Waals surface area contributed by atoms with Gasteiger partial charge in [0.1, 0.15) is 0 Å². The predicted molar refractivity (Wildman–Crippen MR) is 56.0 cm³/mol. The van der Waals surface area contributed by atoms with Crippen LogP contribution >= 0.6 is 0 Å². The van der Waals surface area contributed by atoms with Gasteiger partial charge in [-0.1, -0.05) is 24.3 Å². The van der Waals surface area contributed by atoms with Crippen LogP contribution in [0.5, 0.6) is 0 Å². The number of hydrogen-bond donors (Lipinski definition) is 1. The highest BCUT2D eigenvalue weighted by atomic mass is 16.5. The van der Waals surface area contributed by atoms with E-state index in [0.717, 1.165) is 18.8 Å². The Labute approximate surface area is 88.7 Å². The van der Waals surface area contributed by atoms with E-state index in [1.807, 2.05) is 12.1 Å². The van der Waals surface area contributed by atoms with Crippen molar-refractivity contribution in [3.8, 4) is 0 Å². The predicted octanol–water partition coefficient (Wildman–Crippen LogP) is 1.82. The van der Waals surface area contributed by atoms with Crippen LogP contribution in [0.15, 0.2) is 24.3 Å². The number of carboxylic acid groups (broad SMARTS) is 1. The fraction of sp³-hybridized carbons (Fsp3) is 0.417. The van der Waals surface area contributed by atoms with Gasteiger partial charge in [-0.15, -0.1) is 0 Å². The van der Waals surface area contributed by atoms with Crippen molar-refractivity contribution in [2.24, 2.45) is 0 Å². The minimum atomic E-state index is -0.744. The first-order valence-corrected chi connectivity index (χ1v) is 5.14. The quantitative estimate of drug-likeness (QED) is 0.817. The molecule has 3 heteroatoms. The Bertz CT molecular complexity index is 338. The van der Waals surface area contributed by atoms with Gasteiger partial charge in [-0.3, -0.25) is 4.79 Å². The van der Waals surface area contributed by atoms with Crippen LogP contribution in [-0.4, -0.2) is 24.3 Å². The summed E-state index contributed by atoms with van der Waals surface area (Å²) in [5, 5.41) is 8.55. The van der Waals surface area contributed by atoms with E-state index in [1.165, 1.54) is 5.56 Å². The molecule has 0 aromatic heterocycles. The minimum absolute atomic E-state index is 0.200. The Morgan fingerprint density at radius 1 is 1.33 bits per heavy atom. The van der Waals surface area contributed by atoms with E-state index in [1.54, 1.807) is 0 Å². The zero-order valence-corrected chi connectivity index (χ0v) is 8.48. The molecule has 1 aliphatic heterocycles. The van der Waals surface area contributed by atoms with E-state index in [0.29, 0.717) is 12.3 Å². The van der Waals surface area contributed by atoms with Gasteiger partial charge in [0.15, 0.2) is 0 Å². The van der Waals surface area contributed by atoms with Crippen molar-refractivity contribution in [2.45, 2.75) is 18.8 Å². The summed E-state index contributed by atoms with van der Waals surface area (Å²) >= 11 is 0. The lowest BCUT2D eigenvalue weighted by atomic mass is 9.96. The first-order valence-electron chi connectivity index (χ1n) is 5.14. The molecule has 1 aromatic carbocycles. The van der Waals surface area contributed by atoms with Crippen molar-refractivity contribution < 1.29 is 14.6 Å². The number of ether oxygens (including phenoxy) is 1. The topological polar surface area (TPSA) is 46.5 Å². The van der Waals surface area contributed by atoms with Gasteiger partial charge in [-0.05, 0) is 17.5 Å². The first kappa shape index (κ1) is 10.2. The summed E-state index contributed by atoms with van der Waals surface area (Å²) in [6.07, 6.45) is 0.808. The highest BCUT2D eigenvalue weighted by molar-refractivity contribution is 5.67. The van der Waals surface area contributed by atoms with Crippen LogP contribution in [0, 0.1) is 0 Å². The molecule has 1 aliphatic rings. The van der Waals surface area contributed by atoms with E-state index >= 15 is 0 Å². The van der Waals surface area contributed by atoms with Gasteiger partial charge in [0.25, 0.3) is 0 Å². The van der Waals surface area contributed by atoms with Gasteiger partial charge in [-0.2, -0.15) is 0 Å². The molecule has 2 rings (SSSR count). The lowest BCUT2D eigenvalue weighted by molar-refractivity contribution is -0.136. The molecule has 3 nitrogen and oxygen atoms in total. The van der Waals surface area contributed by atoms with Crippen molar-refractivity contribution in [1.82, 2.24) is 0 Å². The molecule has 0 unspecified atom stereocenters. The molecule has 0 saturated carbocycles. The van der Waals surface area contributed by atoms with Gasteiger partial charge >= 0.3 is 5.97 Å². The fourth-order valence-corrected chi connectivity index (χ4v) is 1.64. The van der Waals surface area contributed by atoms with Gasteiger partial charge in [0, 0.05) is 12.3 Å². The summed E-state index contributed by atoms with van der Waals surface area (Å²) in [5.74, 6) is -0.204. The van der Waals surface area contributed by atoms with Gasteiger partial charge < -0.3 is 9.84 Å². The second kappa shape index (κ2) is 4.45. The van der Waals surface area contributed by atoms with E-state index in [2.05, 4.69) is 12.1 Å². The molecule has 15 heavy (non-hydrogen) atoms. The van der Waals surface area contributed by atoms with Crippen molar-refractivity contribution in [1.29, 1.82) is 0 Å². The molecule has 0 bridgehead atoms. The largest absolute Gasteiger partial charge is 0.481 e. The Morgan fingerprint density at radius 3 is 2.47 bits per heavy atom. The number of benzene rings is 1. The average molecular weight is 206 g/mol. The van der Waals surface area contributed by atoms with E-state index in [-0.39, 0.29) is 6.42 Å². The van der Waals surface area contributed by atoms with Crippen molar-refractivity contribution in [3.63, 3.8) is 0 Å². The zero-order valence-electron chi connectivity index (χ0n) is 8.48. The molecule has 80 valence electrons. The molecule has 0 aliphatic carbocycles. The second-order valence-electron chi connectivity index (χ2n) is 3.87. The average Bonchev–Trinajstić information content (AvgIpc) is 2.14. The molecular weight excluding hydrogens is 192 g/mol. The number of aliphatic carboxylic acids is 1. The number of rotatable bonds is 4. The Kier molecular flexibility index (Phi) is 3.02. The zero-order chi connectivity index (χ0) is 10.7. The number of carbonyl (C=O) groups is 1. The van der Waals surface area contributed by atoms with E-state index in [9.17, 15) is 4.79 Å². The molecule has 1 saturated heterocycles. The van der Waals surface area contributed by atoms with Gasteiger partial charge in [0.2, 0.25) is 0 Å². The normalized spacial score (nSPS) is 16.0. The van der Waals surface area contributed by atoms with Crippen LogP contribution in [0.25, 0.3) is 0 Å². The second-order valence-corrected chi connectivity index (χ2v) is 3.87. The molecule has 1 N–H and O–H groups in total. The third kappa shape index (κ3) is 2.57. The summed E-state index contributed by atoms with van der Waals surface area (Å²) in [6, 6.07) is 8.17. The van der Waals surface area contributed by atoms with Crippen LogP contribution in [0.2, 0.25) is 0 Å². The maximum absolute atomic E-state index is 10.4. The summed E-state index contributed by atoms with van der Waals surface area (Å²) in [6.45, 7) is 1.63. The van der Waals surface area contributed by atoms with Crippen LogP contribution in [0.1, 0.15) is 23.5 Å². The molecule has 0 spiro atoms. The van der Waals surface area contributed by atoms with Gasteiger partial charge in [-0.25, -0.2) is 0 Å². The van der Waals surface area contributed by atoms with Crippen LogP contribution < -0.4 is 0 Å².